The Balaban J connectivity index is 1.53. The number of aromatic nitrogens is 3. The third kappa shape index (κ3) is 4.05. The summed E-state index contributed by atoms with van der Waals surface area (Å²) in [7, 11) is 4.00. The van der Waals surface area contributed by atoms with Crippen molar-refractivity contribution in [3.8, 4) is 0 Å². The van der Waals surface area contributed by atoms with Gasteiger partial charge >= 0.3 is 6.03 Å². The number of pyridine rings is 1. The fraction of sp³-hybridized carbons (Fsp3) is 0.267. The number of imidazole rings is 1. The lowest BCUT2D eigenvalue weighted by Crippen LogP contribution is -2.28. The quantitative estimate of drug-likeness (QED) is 0.752. The number of thiazole rings is 1. The zero-order valence-corrected chi connectivity index (χ0v) is 13.8. The van der Waals surface area contributed by atoms with Gasteiger partial charge in [0, 0.05) is 42.3 Å². The Morgan fingerprint density at radius 3 is 3.09 bits per heavy atom. The van der Waals surface area contributed by atoms with Crippen LogP contribution in [0.2, 0.25) is 0 Å². The molecule has 2 N–H and O–H groups in total. The van der Waals surface area contributed by atoms with E-state index in [1.54, 1.807) is 17.5 Å². The van der Waals surface area contributed by atoms with Crippen LogP contribution in [0.15, 0.2) is 36.1 Å². The Kier molecular flexibility index (Phi) is 4.54. The fourth-order valence-corrected chi connectivity index (χ4v) is 2.87. The molecule has 0 saturated heterocycles. The molecule has 0 spiro atoms. The predicted octanol–water partition coefficient (Wildman–Crippen LogP) is 2.17. The summed E-state index contributed by atoms with van der Waals surface area (Å²) < 4.78 is 1.88. The first-order valence-electron chi connectivity index (χ1n) is 7.16. The first-order valence-corrected chi connectivity index (χ1v) is 8.04. The smallest absolute Gasteiger partial charge is 0.319 e. The largest absolute Gasteiger partial charge is 0.331 e. The second kappa shape index (κ2) is 6.76. The standard InChI is InChI=1S/C15H18N6OS/c1-20(2)9-12-10-23-14(18-12)8-17-15(22)19-11-3-5-21-6-4-16-13(21)7-11/h3-7,10H,8-9H2,1-2H3,(H2,17,19,22). The van der Waals surface area contributed by atoms with E-state index in [4.69, 9.17) is 0 Å². The Hall–Kier alpha value is -2.45. The van der Waals surface area contributed by atoms with Crippen molar-refractivity contribution in [2.45, 2.75) is 13.1 Å². The molecular weight excluding hydrogens is 312 g/mol. The summed E-state index contributed by atoms with van der Waals surface area (Å²) in [6.45, 7) is 1.21. The first kappa shape index (κ1) is 15.4. The number of carbonyl (C=O) groups is 1. The van der Waals surface area contributed by atoms with Crippen LogP contribution in [0.1, 0.15) is 10.7 Å². The van der Waals surface area contributed by atoms with E-state index < -0.39 is 0 Å². The summed E-state index contributed by atoms with van der Waals surface area (Å²) >= 11 is 1.55. The minimum Gasteiger partial charge on any atom is -0.331 e. The summed E-state index contributed by atoms with van der Waals surface area (Å²) in [5, 5.41) is 8.52. The molecule has 120 valence electrons. The second-order valence-corrected chi connectivity index (χ2v) is 6.33. The van der Waals surface area contributed by atoms with Crippen LogP contribution >= 0.6 is 11.3 Å². The molecule has 3 heterocycles. The van der Waals surface area contributed by atoms with Crippen molar-refractivity contribution < 1.29 is 4.79 Å². The van der Waals surface area contributed by atoms with Crippen molar-refractivity contribution in [3.05, 3.63) is 46.8 Å². The lowest BCUT2D eigenvalue weighted by atomic mass is 10.4. The van der Waals surface area contributed by atoms with E-state index in [2.05, 4.69) is 25.5 Å². The average molecular weight is 330 g/mol. The lowest BCUT2D eigenvalue weighted by molar-refractivity contribution is 0.251. The molecule has 0 aromatic carbocycles. The number of rotatable bonds is 5. The number of nitrogens with zero attached hydrogens (tertiary/aromatic N) is 4. The van der Waals surface area contributed by atoms with Crippen LogP contribution in [-0.2, 0) is 13.1 Å². The highest BCUT2D eigenvalue weighted by molar-refractivity contribution is 7.09. The van der Waals surface area contributed by atoms with Crippen molar-refractivity contribution >= 4 is 28.7 Å². The summed E-state index contributed by atoms with van der Waals surface area (Å²) in [5.41, 5.74) is 2.51. The van der Waals surface area contributed by atoms with E-state index >= 15 is 0 Å². The number of hydrogen-bond donors (Lipinski definition) is 2. The highest BCUT2D eigenvalue weighted by atomic mass is 32.1. The fourth-order valence-electron chi connectivity index (χ4n) is 2.15. The van der Waals surface area contributed by atoms with Gasteiger partial charge in [-0.2, -0.15) is 0 Å². The molecule has 3 rings (SSSR count). The number of fused-ring (bicyclic) bond motifs is 1. The van der Waals surface area contributed by atoms with Crippen LogP contribution in [0.3, 0.4) is 0 Å². The Morgan fingerprint density at radius 2 is 2.26 bits per heavy atom. The van der Waals surface area contributed by atoms with Gasteiger partial charge in [0.25, 0.3) is 0 Å². The molecule has 2 amide bonds. The van der Waals surface area contributed by atoms with E-state index in [1.165, 1.54) is 0 Å². The van der Waals surface area contributed by atoms with Gasteiger partial charge in [-0.05, 0) is 20.2 Å². The van der Waals surface area contributed by atoms with Crippen molar-refractivity contribution in [1.29, 1.82) is 0 Å². The first-order chi connectivity index (χ1) is 11.1. The van der Waals surface area contributed by atoms with Crippen LogP contribution in [0.25, 0.3) is 5.65 Å². The number of nitrogens with one attached hydrogen (secondary N) is 2. The number of carbonyl (C=O) groups excluding carboxylic acids is 1. The summed E-state index contributed by atoms with van der Waals surface area (Å²) in [5.74, 6) is 0. The molecule has 0 atom stereocenters. The Labute approximate surface area is 138 Å². The van der Waals surface area contributed by atoms with Gasteiger partial charge in [0.15, 0.2) is 0 Å². The molecule has 0 unspecified atom stereocenters. The number of anilines is 1. The lowest BCUT2D eigenvalue weighted by Gasteiger charge is -2.07. The highest BCUT2D eigenvalue weighted by Crippen LogP contribution is 2.12. The van der Waals surface area contributed by atoms with Gasteiger partial charge in [-0.25, -0.2) is 14.8 Å². The topological polar surface area (TPSA) is 74.6 Å². The summed E-state index contributed by atoms with van der Waals surface area (Å²) in [6.07, 6.45) is 5.42. The van der Waals surface area contributed by atoms with Crippen molar-refractivity contribution in [2.24, 2.45) is 0 Å². The molecule has 0 bridgehead atoms. The van der Waals surface area contributed by atoms with Gasteiger partial charge in [-0.3, -0.25) is 0 Å². The van der Waals surface area contributed by atoms with Crippen LogP contribution in [-0.4, -0.2) is 39.4 Å². The molecule has 3 aromatic heterocycles. The Morgan fingerprint density at radius 1 is 1.39 bits per heavy atom. The van der Waals surface area contributed by atoms with E-state index in [-0.39, 0.29) is 6.03 Å². The maximum atomic E-state index is 12.0. The van der Waals surface area contributed by atoms with Gasteiger partial charge in [0.1, 0.15) is 10.7 Å². The van der Waals surface area contributed by atoms with E-state index in [0.717, 1.165) is 22.9 Å². The predicted molar refractivity (Wildman–Crippen MR) is 90.6 cm³/mol. The van der Waals surface area contributed by atoms with Crippen molar-refractivity contribution in [1.82, 2.24) is 24.6 Å². The molecular formula is C15H18N6OS. The van der Waals surface area contributed by atoms with Crippen LogP contribution in [0.4, 0.5) is 10.5 Å². The van der Waals surface area contributed by atoms with Crippen molar-refractivity contribution in [3.63, 3.8) is 0 Å². The third-order valence-electron chi connectivity index (χ3n) is 3.13. The molecule has 7 nitrogen and oxygen atoms in total. The van der Waals surface area contributed by atoms with Gasteiger partial charge in [0.2, 0.25) is 0 Å². The minimum absolute atomic E-state index is 0.259. The summed E-state index contributed by atoms with van der Waals surface area (Å²) in [4.78, 5) is 22.7. The molecule has 3 aromatic rings. The monoisotopic (exact) mass is 330 g/mol. The van der Waals surface area contributed by atoms with Gasteiger partial charge < -0.3 is 19.9 Å². The number of urea groups is 1. The zero-order chi connectivity index (χ0) is 16.2. The normalized spacial score (nSPS) is 11.1. The van der Waals surface area contributed by atoms with Gasteiger partial charge in [-0.1, -0.05) is 0 Å². The number of amides is 2. The Bertz CT molecular complexity index is 809. The molecule has 0 fully saturated rings. The second-order valence-electron chi connectivity index (χ2n) is 5.39. The van der Waals surface area contributed by atoms with E-state index in [9.17, 15) is 4.79 Å². The molecule has 8 heteroatoms. The van der Waals surface area contributed by atoms with Crippen LogP contribution < -0.4 is 10.6 Å². The number of hydrogen-bond acceptors (Lipinski definition) is 5. The third-order valence-corrected chi connectivity index (χ3v) is 4.03. The van der Waals surface area contributed by atoms with Gasteiger partial charge in [0.05, 0.1) is 12.2 Å². The van der Waals surface area contributed by atoms with Crippen LogP contribution in [0, 0.1) is 0 Å². The molecule has 0 aliphatic rings. The SMILES string of the molecule is CN(C)Cc1csc(CNC(=O)Nc2ccn3ccnc3c2)n1. The maximum absolute atomic E-state index is 12.0. The van der Waals surface area contributed by atoms with Crippen LogP contribution in [0.5, 0.6) is 0 Å². The van der Waals surface area contributed by atoms with E-state index in [1.807, 2.05) is 48.4 Å². The summed E-state index contributed by atoms with van der Waals surface area (Å²) in [6, 6.07) is 3.38. The highest BCUT2D eigenvalue weighted by Gasteiger charge is 2.06. The molecule has 0 aliphatic carbocycles. The average Bonchev–Trinajstić information content (AvgIpc) is 3.13. The maximum Gasteiger partial charge on any atom is 0.319 e. The van der Waals surface area contributed by atoms with Gasteiger partial charge in [-0.15, -0.1) is 11.3 Å². The molecule has 23 heavy (non-hydrogen) atoms. The van der Waals surface area contributed by atoms with Crippen molar-refractivity contribution in [2.75, 3.05) is 19.4 Å². The minimum atomic E-state index is -0.259. The molecule has 0 aliphatic heterocycles. The molecule has 0 radical (unpaired) electrons. The zero-order valence-electron chi connectivity index (χ0n) is 13.0. The van der Waals surface area contributed by atoms with E-state index in [0.29, 0.717) is 12.2 Å². The molecule has 0 saturated carbocycles.